The number of sulfonamides is 1. The van der Waals surface area contributed by atoms with Gasteiger partial charge in [-0.3, -0.25) is 4.79 Å². The van der Waals surface area contributed by atoms with E-state index in [9.17, 15) is 13.2 Å². The van der Waals surface area contributed by atoms with E-state index in [1.165, 1.54) is 26.0 Å². The van der Waals surface area contributed by atoms with E-state index in [0.717, 1.165) is 0 Å². The van der Waals surface area contributed by atoms with Crippen molar-refractivity contribution in [1.29, 1.82) is 5.26 Å². The molecular weight excluding hydrogens is 240 g/mol. The summed E-state index contributed by atoms with van der Waals surface area (Å²) in [6, 6.07) is 8.00. The molecule has 1 aromatic carbocycles. The van der Waals surface area contributed by atoms with Crippen molar-refractivity contribution in [2.24, 2.45) is 0 Å². The van der Waals surface area contributed by atoms with Crippen LogP contribution < -0.4 is 4.31 Å². The molecule has 0 saturated carbocycles. The SMILES string of the molecule is CC1(C)C(=O)N(c2ccccc2C#N)S1(=O)=O. The van der Waals surface area contributed by atoms with Gasteiger partial charge in [0.2, 0.25) is 0 Å². The zero-order valence-corrected chi connectivity index (χ0v) is 10.2. The Morgan fingerprint density at radius 2 is 1.88 bits per heavy atom. The molecular formula is C11H10N2O3S. The normalized spacial score (nSPS) is 20.5. The molecule has 1 aromatic rings. The lowest BCUT2D eigenvalue weighted by Crippen LogP contribution is -2.67. The fourth-order valence-electron chi connectivity index (χ4n) is 1.64. The van der Waals surface area contributed by atoms with E-state index in [-0.39, 0.29) is 11.3 Å². The summed E-state index contributed by atoms with van der Waals surface area (Å²) in [7, 11) is -3.70. The molecule has 1 aliphatic heterocycles. The summed E-state index contributed by atoms with van der Waals surface area (Å²) in [5, 5.41) is 8.89. The van der Waals surface area contributed by atoms with E-state index >= 15 is 0 Å². The Morgan fingerprint density at radius 3 is 2.41 bits per heavy atom. The number of hydrogen-bond acceptors (Lipinski definition) is 4. The number of benzene rings is 1. The Morgan fingerprint density at radius 1 is 1.29 bits per heavy atom. The molecule has 0 aliphatic carbocycles. The smallest absolute Gasteiger partial charge is 0.263 e. The van der Waals surface area contributed by atoms with Gasteiger partial charge < -0.3 is 0 Å². The Bertz CT molecular complexity index is 641. The van der Waals surface area contributed by atoms with Crippen molar-refractivity contribution in [3.05, 3.63) is 29.8 Å². The molecule has 6 heteroatoms. The van der Waals surface area contributed by atoms with Crippen molar-refractivity contribution in [3.63, 3.8) is 0 Å². The van der Waals surface area contributed by atoms with Crippen LogP contribution in [0.15, 0.2) is 24.3 Å². The van der Waals surface area contributed by atoms with Crippen LogP contribution in [0.2, 0.25) is 0 Å². The van der Waals surface area contributed by atoms with E-state index < -0.39 is 20.7 Å². The summed E-state index contributed by atoms with van der Waals surface area (Å²) in [6.45, 7) is 2.71. The van der Waals surface area contributed by atoms with Crippen LogP contribution in [-0.4, -0.2) is 19.1 Å². The van der Waals surface area contributed by atoms with Crippen LogP contribution in [0.1, 0.15) is 19.4 Å². The van der Waals surface area contributed by atoms with Crippen molar-refractivity contribution in [1.82, 2.24) is 0 Å². The summed E-state index contributed by atoms with van der Waals surface area (Å²) in [5.74, 6) is -0.514. The van der Waals surface area contributed by atoms with E-state index in [2.05, 4.69) is 0 Å². The van der Waals surface area contributed by atoms with Crippen LogP contribution in [0.25, 0.3) is 0 Å². The van der Waals surface area contributed by atoms with Gasteiger partial charge in [-0.2, -0.15) is 5.26 Å². The molecule has 0 N–H and O–H groups in total. The van der Waals surface area contributed by atoms with Crippen LogP contribution in [-0.2, 0) is 14.8 Å². The maximum atomic E-state index is 11.9. The van der Waals surface area contributed by atoms with Crippen molar-refractivity contribution >= 4 is 21.6 Å². The van der Waals surface area contributed by atoms with Gasteiger partial charge >= 0.3 is 0 Å². The number of para-hydroxylation sites is 1. The van der Waals surface area contributed by atoms with Crippen LogP contribution in [0.5, 0.6) is 0 Å². The van der Waals surface area contributed by atoms with E-state index in [4.69, 9.17) is 5.26 Å². The van der Waals surface area contributed by atoms with Crippen molar-refractivity contribution in [3.8, 4) is 6.07 Å². The summed E-state index contributed by atoms with van der Waals surface area (Å²) in [5.41, 5.74) is 0.291. The zero-order valence-electron chi connectivity index (χ0n) is 9.34. The third-order valence-corrected chi connectivity index (χ3v) is 5.14. The number of anilines is 1. The molecule has 0 atom stereocenters. The topological polar surface area (TPSA) is 78.2 Å². The quantitative estimate of drug-likeness (QED) is 0.745. The molecule has 2 rings (SSSR count). The van der Waals surface area contributed by atoms with E-state index in [0.29, 0.717) is 4.31 Å². The average molecular weight is 250 g/mol. The Labute approximate surface area is 99.3 Å². The Hall–Kier alpha value is -1.87. The maximum absolute atomic E-state index is 11.9. The number of nitriles is 1. The summed E-state index contributed by atoms with van der Waals surface area (Å²) >= 11 is 0. The van der Waals surface area contributed by atoms with Gasteiger partial charge in [-0.25, -0.2) is 12.7 Å². The molecule has 1 aliphatic rings. The molecule has 0 aromatic heterocycles. The van der Waals surface area contributed by atoms with Gasteiger partial charge in [-0.05, 0) is 26.0 Å². The minimum absolute atomic E-state index is 0.124. The van der Waals surface area contributed by atoms with Gasteiger partial charge in [-0.1, -0.05) is 12.1 Å². The minimum Gasteiger partial charge on any atom is -0.272 e. The predicted octanol–water partition coefficient (Wildman–Crippen LogP) is 1.01. The molecule has 1 amide bonds. The molecule has 0 unspecified atom stereocenters. The molecule has 0 radical (unpaired) electrons. The van der Waals surface area contributed by atoms with Gasteiger partial charge in [0.05, 0.1) is 11.3 Å². The number of rotatable bonds is 1. The molecule has 0 spiro atoms. The van der Waals surface area contributed by atoms with E-state index in [1.807, 2.05) is 6.07 Å². The van der Waals surface area contributed by atoms with Crippen LogP contribution in [0, 0.1) is 11.3 Å². The van der Waals surface area contributed by atoms with Gasteiger partial charge in [0, 0.05) is 0 Å². The number of nitrogens with zero attached hydrogens (tertiary/aromatic N) is 2. The van der Waals surface area contributed by atoms with Crippen LogP contribution in [0.3, 0.4) is 0 Å². The highest BCUT2D eigenvalue weighted by molar-refractivity contribution is 7.98. The fraction of sp³-hybridized carbons (Fsp3) is 0.273. The zero-order chi connectivity index (χ0) is 12.8. The highest BCUT2D eigenvalue weighted by atomic mass is 32.2. The number of amides is 1. The molecule has 1 saturated heterocycles. The van der Waals surface area contributed by atoms with Crippen molar-refractivity contribution in [2.45, 2.75) is 18.6 Å². The van der Waals surface area contributed by atoms with Crippen LogP contribution >= 0.6 is 0 Å². The van der Waals surface area contributed by atoms with E-state index in [1.54, 1.807) is 12.1 Å². The summed E-state index contributed by atoms with van der Waals surface area (Å²) < 4.78 is 23.2. The summed E-state index contributed by atoms with van der Waals surface area (Å²) in [6.07, 6.45) is 0. The second-order valence-corrected chi connectivity index (χ2v) is 6.55. The van der Waals surface area contributed by atoms with Gasteiger partial charge in [0.1, 0.15) is 6.07 Å². The largest absolute Gasteiger partial charge is 0.272 e. The van der Waals surface area contributed by atoms with Gasteiger partial charge in [0.25, 0.3) is 15.9 Å². The Kier molecular flexibility index (Phi) is 2.26. The molecule has 1 heterocycles. The van der Waals surface area contributed by atoms with Crippen molar-refractivity contribution < 1.29 is 13.2 Å². The monoisotopic (exact) mass is 250 g/mol. The maximum Gasteiger partial charge on any atom is 0.263 e. The summed E-state index contributed by atoms with van der Waals surface area (Å²) in [4.78, 5) is 11.8. The highest BCUT2D eigenvalue weighted by Gasteiger charge is 2.61. The lowest BCUT2D eigenvalue weighted by molar-refractivity contribution is -0.120. The first-order valence-corrected chi connectivity index (χ1v) is 6.36. The Balaban J connectivity index is 2.60. The lowest BCUT2D eigenvalue weighted by atomic mass is 10.1. The first kappa shape index (κ1) is 11.6. The van der Waals surface area contributed by atoms with Gasteiger partial charge in [-0.15, -0.1) is 0 Å². The molecule has 5 nitrogen and oxygen atoms in total. The van der Waals surface area contributed by atoms with Crippen LogP contribution in [0.4, 0.5) is 5.69 Å². The molecule has 17 heavy (non-hydrogen) atoms. The molecule has 1 fully saturated rings. The van der Waals surface area contributed by atoms with Gasteiger partial charge in [0.15, 0.2) is 4.75 Å². The number of carbonyl (C=O) groups excluding carboxylic acids is 1. The average Bonchev–Trinajstić information content (AvgIpc) is 2.29. The van der Waals surface area contributed by atoms with Crippen molar-refractivity contribution in [2.75, 3.05) is 4.31 Å². The number of hydrogen-bond donors (Lipinski definition) is 0. The third-order valence-electron chi connectivity index (χ3n) is 2.83. The first-order valence-electron chi connectivity index (χ1n) is 4.92. The predicted molar refractivity (Wildman–Crippen MR) is 61.6 cm³/mol. The second kappa shape index (κ2) is 3.31. The fourth-order valence-corrected chi connectivity index (χ4v) is 3.14. The minimum atomic E-state index is -3.70. The third kappa shape index (κ3) is 1.29. The standard InChI is InChI=1S/C11H10N2O3S/c1-11(2)10(14)13(17(11,15)16)9-6-4-3-5-8(9)7-12/h3-6H,1-2H3. The first-order chi connectivity index (χ1) is 7.84. The number of carbonyl (C=O) groups is 1. The highest BCUT2D eigenvalue weighted by Crippen LogP contribution is 2.40. The second-order valence-electron chi connectivity index (χ2n) is 4.21. The lowest BCUT2D eigenvalue weighted by Gasteiger charge is -2.43. The molecule has 0 bridgehead atoms. The molecule has 88 valence electrons.